The molecule has 0 heterocycles. The Morgan fingerprint density at radius 3 is 2.57 bits per heavy atom. The summed E-state index contributed by atoms with van der Waals surface area (Å²) in [6.45, 7) is 1.94. The highest BCUT2D eigenvalue weighted by molar-refractivity contribution is 6.32. The molecule has 1 aromatic rings. The van der Waals surface area contributed by atoms with E-state index in [1.165, 1.54) is 0 Å². The molecule has 0 fully saturated rings. The Hall–Kier alpha value is -1.51. The quantitative estimate of drug-likeness (QED) is 0.744. The Balaban J connectivity index is 3.30. The molecule has 0 aromatic heterocycles. The van der Waals surface area contributed by atoms with E-state index < -0.39 is 0 Å². The van der Waals surface area contributed by atoms with Crippen LogP contribution in [0.3, 0.4) is 0 Å². The van der Waals surface area contributed by atoms with Gasteiger partial charge in [0.2, 0.25) is 0 Å². The van der Waals surface area contributed by atoms with Gasteiger partial charge in [-0.15, -0.1) is 0 Å². The smallest absolute Gasteiger partial charge is 0.0995 e. The Labute approximate surface area is 88.3 Å². The van der Waals surface area contributed by atoms with Crippen LogP contribution in [-0.2, 0) is 12.8 Å². The third-order valence-electron chi connectivity index (χ3n) is 2.07. The Morgan fingerprint density at radius 1 is 1.36 bits per heavy atom. The predicted molar refractivity (Wildman–Crippen MR) is 54.9 cm³/mol. The summed E-state index contributed by atoms with van der Waals surface area (Å²) in [5.74, 6) is 0. The first-order valence-corrected chi connectivity index (χ1v) is 4.69. The van der Waals surface area contributed by atoms with Crippen LogP contribution in [-0.4, -0.2) is 0 Å². The molecule has 0 aliphatic carbocycles. The van der Waals surface area contributed by atoms with Crippen molar-refractivity contribution in [3.05, 3.63) is 33.8 Å². The van der Waals surface area contributed by atoms with Crippen LogP contribution in [0.1, 0.15) is 23.6 Å². The molecule has 0 atom stereocenters. The first-order valence-electron chi connectivity index (χ1n) is 4.31. The lowest BCUT2D eigenvalue weighted by Gasteiger charge is -2.07. The van der Waals surface area contributed by atoms with Crippen molar-refractivity contribution in [3.63, 3.8) is 0 Å². The topological polar surface area (TPSA) is 47.6 Å². The molecular weight excluding hydrogens is 196 g/mol. The van der Waals surface area contributed by atoms with Crippen LogP contribution in [0.5, 0.6) is 0 Å². The van der Waals surface area contributed by atoms with E-state index in [1.807, 2.05) is 13.0 Å². The van der Waals surface area contributed by atoms with Crippen LogP contribution in [0.2, 0.25) is 5.02 Å². The van der Waals surface area contributed by atoms with Gasteiger partial charge in [0.25, 0.3) is 0 Å². The van der Waals surface area contributed by atoms with Crippen molar-refractivity contribution in [2.75, 3.05) is 0 Å². The second-order valence-electron chi connectivity index (χ2n) is 2.87. The third-order valence-corrected chi connectivity index (χ3v) is 2.54. The highest BCUT2D eigenvalue weighted by Gasteiger charge is 2.09. The molecule has 2 nitrogen and oxygen atoms in total. The maximum absolute atomic E-state index is 8.82. The van der Waals surface area contributed by atoms with Gasteiger partial charge in [-0.05, 0) is 23.6 Å². The average molecular weight is 205 g/mol. The number of halogens is 1. The third kappa shape index (κ3) is 1.87. The molecule has 70 valence electrons. The molecule has 3 heteroatoms. The van der Waals surface area contributed by atoms with Gasteiger partial charge in [0.15, 0.2) is 0 Å². The molecule has 0 unspecified atom stereocenters. The molecule has 0 saturated heterocycles. The minimum atomic E-state index is 0.289. The zero-order valence-electron chi connectivity index (χ0n) is 7.84. The largest absolute Gasteiger partial charge is 0.198 e. The fourth-order valence-corrected chi connectivity index (χ4v) is 1.71. The van der Waals surface area contributed by atoms with Gasteiger partial charge < -0.3 is 0 Å². The van der Waals surface area contributed by atoms with Crippen molar-refractivity contribution in [3.8, 4) is 12.1 Å². The van der Waals surface area contributed by atoms with E-state index in [-0.39, 0.29) is 6.42 Å². The molecule has 0 N–H and O–H groups in total. The highest BCUT2D eigenvalue weighted by atomic mass is 35.5. The molecule has 14 heavy (non-hydrogen) atoms. The predicted octanol–water partition coefficient (Wildman–Crippen LogP) is 2.84. The second-order valence-corrected chi connectivity index (χ2v) is 3.24. The molecule has 1 rings (SSSR count). The molecule has 0 saturated carbocycles. The van der Waals surface area contributed by atoms with E-state index in [1.54, 1.807) is 12.1 Å². The van der Waals surface area contributed by atoms with Crippen LogP contribution < -0.4 is 0 Å². The molecule has 0 aliphatic rings. The summed E-state index contributed by atoms with van der Waals surface area (Å²) in [4.78, 5) is 0. The molecule has 0 aliphatic heterocycles. The number of benzene rings is 1. The fourth-order valence-electron chi connectivity index (χ4n) is 1.34. The summed E-state index contributed by atoms with van der Waals surface area (Å²) in [7, 11) is 0. The van der Waals surface area contributed by atoms with Gasteiger partial charge in [0.05, 0.1) is 24.1 Å². The van der Waals surface area contributed by atoms with E-state index in [4.69, 9.17) is 22.1 Å². The lowest BCUT2D eigenvalue weighted by Crippen LogP contribution is -1.94. The zero-order chi connectivity index (χ0) is 10.6. The monoisotopic (exact) mass is 204 g/mol. The molecule has 0 radical (unpaired) electrons. The summed E-state index contributed by atoms with van der Waals surface area (Å²) >= 11 is 6.07. The van der Waals surface area contributed by atoms with E-state index in [0.717, 1.165) is 11.1 Å². The van der Waals surface area contributed by atoms with E-state index in [2.05, 4.69) is 6.07 Å². The highest BCUT2D eigenvalue weighted by Crippen LogP contribution is 2.25. The van der Waals surface area contributed by atoms with Gasteiger partial charge in [0, 0.05) is 5.02 Å². The minimum absolute atomic E-state index is 0.289. The molecule has 1 aromatic carbocycles. The number of nitriles is 2. The van der Waals surface area contributed by atoms with Crippen molar-refractivity contribution < 1.29 is 0 Å². The van der Waals surface area contributed by atoms with E-state index >= 15 is 0 Å². The van der Waals surface area contributed by atoms with E-state index in [0.29, 0.717) is 17.0 Å². The SMILES string of the molecule is CCc1c(C#N)ccc(CC#N)c1Cl. The maximum atomic E-state index is 8.82. The normalized spacial score (nSPS) is 9.14. The van der Waals surface area contributed by atoms with Gasteiger partial charge in [-0.3, -0.25) is 0 Å². The standard InChI is InChI=1S/C11H9ClN2/c1-2-10-9(7-14)4-3-8(5-6-13)11(10)12/h3-4H,2,5H2,1H3. The van der Waals surface area contributed by atoms with Crippen LogP contribution >= 0.6 is 11.6 Å². The minimum Gasteiger partial charge on any atom is -0.198 e. The lowest BCUT2D eigenvalue weighted by molar-refractivity contribution is 1.11. The number of hydrogen-bond donors (Lipinski definition) is 0. The van der Waals surface area contributed by atoms with Crippen LogP contribution in [0.4, 0.5) is 0 Å². The molecule has 0 spiro atoms. The summed E-state index contributed by atoms with van der Waals surface area (Å²) < 4.78 is 0. The molecule has 0 amide bonds. The Kier molecular flexibility index (Phi) is 3.51. The Morgan fingerprint density at radius 2 is 2.07 bits per heavy atom. The average Bonchev–Trinajstić information content (AvgIpc) is 2.21. The van der Waals surface area contributed by atoms with Gasteiger partial charge in [-0.25, -0.2) is 0 Å². The fraction of sp³-hybridized carbons (Fsp3) is 0.273. The van der Waals surface area contributed by atoms with Gasteiger partial charge in [-0.2, -0.15) is 10.5 Å². The van der Waals surface area contributed by atoms with Crippen LogP contribution in [0, 0.1) is 22.7 Å². The van der Waals surface area contributed by atoms with Gasteiger partial charge in [0.1, 0.15) is 0 Å². The van der Waals surface area contributed by atoms with Crippen molar-refractivity contribution in [1.82, 2.24) is 0 Å². The molecular formula is C11H9ClN2. The number of hydrogen-bond acceptors (Lipinski definition) is 2. The van der Waals surface area contributed by atoms with Crippen molar-refractivity contribution in [1.29, 1.82) is 10.5 Å². The molecule has 0 bridgehead atoms. The number of nitrogens with zero attached hydrogens (tertiary/aromatic N) is 2. The first kappa shape index (κ1) is 10.6. The summed E-state index contributed by atoms with van der Waals surface area (Å²) in [5.41, 5.74) is 2.23. The van der Waals surface area contributed by atoms with Crippen LogP contribution in [0.25, 0.3) is 0 Å². The summed E-state index contributed by atoms with van der Waals surface area (Å²) in [5, 5.41) is 17.9. The zero-order valence-corrected chi connectivity index (χ0v) is 8.60. The first-order chi connectivity index (χ1) is 6.74. The Bertz CT molecular complexity index is 424. The lowest BCUT2D eigenvalue weighted by atomic mass is 10.0. The summed E-state index contributed by atoms with van der Waals surface area (Å²) in [6, 6.07) is 7.59. The van der Waals surface area contributed by atoms with Crippen molar-refractivity contribution in [2.45, 2.75) is 19.8 Å². The number of rotatable bonds is 2. The van der Waals surface area contributed by atoms with Crippen molar-refractivity contribution in [2.24, 2.45) is 0 Å². The van der Waals surface area contributed by atoms with Crippen molar-refractivity contribution >= 4 is 11.6 Å². The second kappa shape index (κ2) is 4.65. The van der Waals surface area contributed by atoms with Gasteiger partial charge >= 0.3 is 0 Å². The maximum Gasteiger partial charge on any atom is 0.0995 e. The van der Waals surface area contributed by atoms with Crippen LogP contribution in [0.15, 0.2) is 12.1 Å². The van der Waals surface area contributed by atoms with E-state index in [9.17, 15) is 0 Å². The summed E-state index contributed by atoms with van der Waals surface area (Å²) in [6.07, 6.45) is 0.999. The van der Waals surface area contributed by atoms with Gasteiger partial charge in [-0.1, -0.05) is 24.6 Å².